The van der Waals surface area contributed by atoms with E-state index in [1.165, 1.54) is 4.88 Å². The zero-order valence-corrected chi connectivity index (χ0v) is 9.12. The van der Waals surface area contributed by atoms with E-state index in [4.69, 9.17) is 0 Å². The number of aromatic nitrogens is 3. The summed E-state index contributed by atoms with van der Waals surface area (Å²) in [5.41, 5.74) is 1.84. The van der Waals surface area contributed by atoms with Gasteiger partial charge in [0, 0.05) is 17.3 Å². The monoisotopic (exact) mass is 291 g/mol. The first-order valence-corrected chi connectivity index (χ1v) is 5.36. The van der Waals surface area contributed by atoms with Crippen molar-refractivity contribution in [2.45, 2.75) is 6.54 Å². The molecule has 0 aliphatic heterocycles. The Morgan fingerprint density at radius 2 is 2.42 bits per heavy atom. The van der Waals surface area contributed by atoms with Crippen molar-refractivity contribution in [1.29, 1.82) is 0 Å². The maximum atomic E-state index is 4.18. The molecule has 0 fully saturated rings. The second-order valence-electron chi connectivity index (χ2n) is 2.32. The van der Waals surface area contributed by atoms with Gasteiger partial charge in [0.05, 0.1) is 21.8 Å². The molecule has 0 saturated carbocycles. The summed E-state index contributed by atoms with van der Waals surface area (Å²) in [6.45, 7) is 0.827. The maximum absolute atomic E-state index is 4.18. The second-order valence-corrected chi connectivity index (χ2v) is 4.54. The fraction of sp³-hybridized carbons (Fsp3) is 0.143. The van der Waals surface area contributed by atoms with Gasteiger partial charge in [0.15, 0.2) is 0 Å². The first-order chi connectivity index (χ1) is 5.84. The van der Waals surface area contributed by atoms with Gasteiger partial charge in [-0.3, -0.25) is 9.67 Å². The zero-order chi connectivity index (χ0) is 8.39. The number of halogens is 1. The van der Waals surface area contributed by atoms with Gasteiger partial charge in [-0.2, -0.15) is 5.10 Å². The van der Waals surface area contributed by atoms with Crippen LogP contribution in [-0.2, 0) is 6.54 Å². The van der Waals surface area contributed by atoms with E-state index in [9.17, 15) is 0 Å². The van der Waals surface area contributed by atoms with Crippen LogP contribution in [0.3, 0.4) is 0 Å². The number of rotatable bonds is 2. The minimum Gasteiger partial charge on any atom is -0.266 e. The van der Waals surface area contributed by atoms with Gasteiger partial charge in [0.2, 0.25) is 0 Å². The average Bonchev–Trinajstić information content (AvgIpc) is 2.63. The van der Waals surface area contributed by atoms with Gasteiger partial charge in [-0.15, -0.1) is 11.3 Å². The molecule has 0 N–H and O–H groups in total. The van der Waals surface area contributed by atoms with Crippen LogP contribution in [0.4, 0.5) is 0 Å². The molecule has 5 heteroatoms. The molecule has 62 valence electrons. The van der Waals surface area contributed by atoms with Crippen LogP contribution in [0, 0.1) is 3.57 Å². The fourth-order valence-corrected chi connectivity index (χ4v) is 1.94. The number of hydrogen-bond acceptors (Lipinski definition) is 3. The first-order valence-electron chi connectivity index (χ1n) is 3.40. The van der Waals surface area contributed by atoms with Gasteiger partial charge in [-0.05, 0) is 22.6 Å². The van der Waals surface area contributed by atoms with Crippen LogP contribution in [0.2, 0.25) is 0 Å². The van der Waals surface area contributed by atoms with E-state index in [1.54, 1.807) is 11.3 Å². The van der Waals surface area contributed by atoms with Gasteiger partial charge in [-0.1, -0.05) is 0 Å². The lowest BCUT2D eigenvalue weighted by Gasteiger charge is -1.94. The summed E-state index contributed by atoms with van der Waals surface area (Å²) in [6, 6.07) is 0. The molecule has 3 nitrogen and oxygen atoms in total. The third-order valence-corrected chi connectivity index (χ3v) is 2.72. The highest BCUT2D eigenvalue weighted by atomic mass is 127. The van der Waals surface area contributed by atoms with Crippen molar-refractivity contribution in [3.63, 3.8) is 0 Å². The Morgan fingerprint density at radius 1 is 1.50 bits per heavy atom. The van der Waals surface area contributed by atoms with E-state index in [-0.39, 0.29) is 0 Å². The van der Waals surface area contributed by atoms with E-state index in [2.05, 4.69) is 32.7 Å². The summed E-state index contributed by atoms with van der Waals surface area (Å²) in [4.78, 5) is 5.23. The number of nitrogens with zero attached hydrogens (tertiary/aromatic N) is 3. The van der Waals surface area contributed by atoms with Crippen LogP contribution in [0.1, 0.15) is 4.88 Å². The predicted molar refractivity (Wildman–Crippen MR) is 56.2 cm³/mol. The van der Waals surface area contributed by atoms with E-state index in [0.717, 1.165) is 10.1 Å². The molecule has 0 bridgehead atoms. The molecular formula is C7H6IN3S. The quantitative estimate of drug-likeness (QED) is 0.792. The molecule has 0 aliphatic carbocycles. The summed E-state index contributed by atoms with van der Waals surface area (Å²) >= 11 is 3.90. The molecule has 0 atom stereocenters. The lowest BCUT2D eigenvalue weighted by Crippen LogP contribution is -1.97. The van der Waals surface area contributed by atoms with Crippen LogP contribution in [-0.4, -0.2) is 14.8 Å². The molecular weight excluding hydrogens is 285 g/mol. The largest absolute Gasteiger partial charge is 0.266 e. The van der Waals surface area contributed by atoms with E-state index >= 15 is 0 Å². The summed E-state index contributed by atoms with van der Waals surface area (Å²) in [5, 5.41) is 4.18. The minimum atomic E-state index is 0.827. The Balaban J connectivity index is 2.14. The standard InChI is InChI=1S/C7H6IN3S/c8-6-1-10-11(3-6)4-7-2-9-5-12-7/h1-3,5H,4H2. The summed E-state index contributed by atoms with van der Waals surface area (Å²) in [7, 11) is 0. The average molecular weight is 291 g/mol. The predicted octanol–water partition coefficient (Wildman–Crippen LogP) is 1.99. The lowest BCUT2D eigenvalue weighted by molar-refractivity contribution is 0.693. The van der Waals surface area contributed by atoms with Gasteiger partial charge in [0.1, 0.15) is 0 Å². The zero-order valence-electron chi connectivity index (χ0n) is 6.14. The highest BCUT2D eigenvalue weighted by molar-refractivity contribution is 14.1. The van der Waals surface area contributed by atoms with E-state index in [1.807, 2.05) is 28.8 Å². The fourth-order valence-electron chi connectivity index (χ4n) is 0.905. The summed E-state index contributed by atoms with van der Waals surface area (Å²) < 4.78 is 3.08. The maximum Gasteiger partial charge on any atom is 0.0794 e. The SMILES string of the molecule is Ic1cnn(Cc2cncs2)c1. The summed E-state index contributed by atoms with van der Waals surface area (Å²) in [6.07, 6.45) is 5.74. The van der Waals surface area contributed by atoms with Crippen molar-refractivity contribution in [2.75, 3.05) is 0 Å². The minimum absolute atomic E-state index is 0.827. The highest BCUT2D eigenvalue weighted by Gasteiger charge is 1.97. The number of hydrogen-bond donors (Lipinski definition) is 0. The first kappa shape index (κ1) is 8.18. The lowest BCUT2D eigenvalue weighted by atomic mass is 10.5. The Morgan fingerprint density at radius 3 is 3.00 bits per heavy atom. The third kappa shape index (κ3) is 1.84. The molecule has 2 aromatic heterocycles. The van der Waals surface area contributed by atoms with Crippen LogP contribution in [0.25, 0.3) is 0 Å². The van der Waals surface area contributed by atoms with Crippen LogP contribution in [0.15, 0.2) is 24.1 Å². The second kappa shape index (κ2) is 3.53. The molecule has 0 unspecified atom stereocenters. The molecule has 2 rings (SSSR count). The van der Waals surface area contributed by atoms with Crippen molar-refractivity contribution >= 4 is 33.9 Å². The smallest absolute Gasteiger partial charge is 0.0794 e. The van der Waals surface area contributed by atoms with Crippen LogP contribution < -0.4 is 0 Å². The van der Waals surface area contributed by atoms with E-state index < -0.39 is 0 Å². The normalized spacial score (nSPS) is 10.4. The van der Waals surface area contributed by atoms with Crippen LogP contribution in [0.5, 0.6) is 0 Å². The molecule has 0 aromatic carbocycles. The van der Waals surface area contributed by atoms with Gasteiger partial charge in [-0.25, -0.2) is 0 Å². The van der Waals surface area contributed by atoms with Gasteiger partial charge in [0.25, 0.3) is 0 Å². The van der Waals surface area contributed by atoms with Crippen molar-refractivity contribution < 1.29 is 0 Å². The Bertz CT molecular complexity index is 354. The van der Waals surface area contributed by atoms with Gasteiger partial charge < -0.3 is 0 Å². The molecule has 0 aliphatic rings. The number of thiazole rings is 1. The molecule has 2 aromatic rings. The van der Waals surface area contributed by atoms with Crippen molar-refractivity contribution in [3.05, 3.63) is 32.5 Å². The summed E-state index contributed by atoms with van der Waals surface area (Å²) in [5.74, 6) is 0. The molecule has 2 heterocycles. The third-order valence-electron chi connectivity index (χ3n) is 1.40. The Hall–Kier alpha value is -0.430. The van der Waals surface area contributed by atoms with Gasteiger partial charge >= 0.3 is 0 Å². The van der Waals surface area contributed by atoms with E-state index in [0.29, 0.717) is 0 Å². The Kier molecular flexibility index (Phi) is 2.40. The van der Waals surface area contributed by atoms with Crippen molar-refractivity contribution in [1.82, 2.24) is 14.8 Å². The topological polar surface area (TPSA) is 30.7 Å². The van der Waals surface area contributed by atoms with Crippen LogP contribution >= 0.6 is 33.9 Å². The highest BCUT2D eigenvalue weighted by Crippen LogP contribution is 2.08. The molecule has 0 amide bonds. The molecule has 0 saturated heterocycles. The molecule has 0 radical (unpaired) electrons. The Labute approximate surface area is 87.6 Å². The van der Waals surface area contributed by atoms with Crippen molar-refractivity contribution in [2.24, 2.45) is 0 Å². The molecule has 0 spiro atoms. The molecule has 12 heavy (non-hydrogen) atoms. The van der Waals surface area contributed by atoms with Crippen molar-refractivity contribution in [3.8, 4) is 0 Å².